The lowest BCUT2D eigenvalue weighted by Gasteiger charge is -2.29. The summed E-state index contributed by atoms with van der Waals surface area (Å²) in [7, 11) is 0. The number of nitrogens with one attached hydrogen (secondary N) is 1. The number of hydrogen-bond donors (Lipinski definition) is 1. The number of nitrogens with zero attached hydrogens (tertiary/aromatic N) is 2. The molecule has 4 aromatic rings. The van der Waals surface area contributed by atoms with Crippen LogP contribution >= 0.6 is 0 Å². The first-order valence-corrected chi connectivity index (χ1v) is 11.1. The quantitative estimate of drug-likeness (QED) is 0.485. The van der Waals surface area contributed by atoms with E-state index in [0.29, 0.717) is 24.0 Å². The number of carbonyl (C=O) groups is 2. The molecule has 2 amide bonds. The van der Waals surface area contributed by atoms with Crippen LogP contribution in [0.25, 0.3) is 10.9 Å². The lowest BCUT2D eigenvalue weighted by Crippen LogP contribution is -2.37. The predicted molar refractivity (Wildman–Crippen MR) is 128 cm³/mol. The summed E-state index contributed by atoms with van der Waals surface area (Å²) in [6, 6.07) is 18.7. The van der Waals surface area contributed by atoms with Crippen LogP contribution in [-0.2, 0) is 24.3 Å². The minimum atomic E-state index is -0.791. The number of pyridine rings is 1. The second kappa shape index (κ2) is 9.13. The molecule has 176 valence electrons. The molecule has 0 unspecified atom stereocenters. The summed E-state index contributed by atoms with van der Waals surface area (Å²) in [6.45, 7) is 0.559. The highest BCUT2D eigenvalue weighted by atomic mass is 19.1. The van der Waals surface area contributed by atoms with Gasteiger partial charge in [-0.2, -0.15) is 0 Å². The van der Waals surface area contributed by atoms with Crippen molar-refractivity contribution in [3.63, 3.8) is 0 Å². The molecule has 1 N–H and O–H groups in total. The Morgan fingerprint density at radius 2 is 1.66 bits per heavy atom. The van der Waals surface area contributed by atoms with E-state index >= 15 is 0 Å². The van der Waals surface area contributed by atoms with Crippen LogP contribution in [0.4, 0.5) is 14.5 Å². The molecule has 0 radical (unpaired) electrons. The van der Waals surface area contributed by atoms with Gasteiger partial charge in [-0.15, -0.1) is 0 Å². The first-order chi connectivity index (χ1) is 16.9. The Morgan fingerprint density at radius 1 is 0.914 bits per heavy atom. The van der Waals surface area contributed by atoms with Crippen LogP contribution in [0.2, 0.25) is 0 Å². The maximum absolute atomic E-state index is 13.9. The van der Waals surface area contributed by atoms with Gasteiger partial charge in [0.15, 0.2) is 0 Å². The molecule has 1 aliphatic rings. The van der Waals surface area contributed by atoms with E-state index < -0.39 is 29.6 Å². The smallest absolute Gasteiger partial charge is 0.255 e. The molecule has 0 fully saturated rings. The fourth-order valence-corrected chi connectivity index (χ4v) is 4.44. The van der Waals surface area contributed by atoms with E-state index in [4.69, 9.17) is 0 Å². The van der Waals surface area contributed by atoms with E-state index in [1.165, 1.54) is 16.2 Å². The SMILES string of the molecule is O=C(Cn1c(=O)cc(C(=O)N2CCc3ccccc3C2)c2ccccc21)Nc1cc(F)ccc1F. The molecular weight excluding hydrogens is 452 g/mol. The Kier molecular flexibility index (Phi) is 5.86. The standard InChI is InChI=1S/C27H21F2N3O3/c28-19-9-10-22(29)23(13-19)30-25(33)16-32-24-8-4-3-7-20(24)21(14-26(32)34)27(35)31-12-11-17-5-1-2-6-18(17)15-31/h1-10,13-14H,11-12,15-16H2,(H,30,33). The first-order valence-electron chi connectivity index (χ1n) is 11.1. The first kappa shape index (κ1) is 22.5. The maximum Gasteiger partial charge on any atom is 0.255 e. The van der Waals surface area contributed by atoms with Gasteiger partial charge in [-0.3, -0.25) is 19.0 Å². The minimum Gasteiger partial charge on any atom is -0.334 e. The average molecular weight is 473 g/mol. The van der Waals surface area contributed by atoms with Crippen LogP contribution in [0.5, 0.6) is 0 Å². The summed E-state index contributed by atoms with van der Waals surface area (Å²) in [4.78, 5) is 40.8. The van der Waals surface area contributed by atoms with E-state index in [2.05, 4.69) is 11.4 Å². The third-order valence-electron chi connectivity index (χ3n) is 6.17. The van der Waals surface area contributed by atoms with Gasteiger partial charge in [0.25, 0.3) is 11.5 Å². The molecule has 6 nitrogen and oxygen atoms in total. The molecule has 0 atom stereocenters. The number of aromatic nitrogens is 1. The summed E-state index contributed by atoms with van der Waals surface area (Å²) in [5.74, 6) is -2.45. The molecule has 0 saturated carbocycles. The van der Waals surface area contributed by atoms with Crippen LogP contribution in [0.1, 0.15) is 21.5 Å². The van der Waals surface area contributed by atoms with Crippen molar-refractivity contribution in [1.82, 2.24) is 9.47 Å². The fourth-order valence-electron chi connectivity index (χ4n) is 4.44. The van der Waals surface area contributed by atoms with Crippen LogP contribution < -0.4 is 10.9 Å². The molecule has 1 aromatic heterocycles. The Labute approximate surface area is 199 Å². The van der Waals surface area contributed by atoms with Crippen LogP contribution in [-0.4, -0.2) is 27.8 Å². The number of anilines is 1. The third-order valence-corrected chi connectivity index (χ3v) is 6.17. The lowest BCUT2D eigenvalue weighted by atomic mass is 9.98. The van der Waals surface area contributed by atoms with Gasteiger partial charge in [-0.25, -0.2) is 8.78 Å². The zero-order valence-electron chi connectivity index (χ0n) is 18.6. The predicted octanol–water partition coefficient (Wildman–Crippen LogP) is 4.12. The lowest BCUT2D eigenvalue weighted by molar-refractivity contribution is -0.116. The van der Waals surface area contributed by atoms with Gasteiger partial charge in [-0.05, 0) is 35.7 Å². The van der Waals surface area contributed by atoms with E-state index in [1.54, 1.807) is 29.2 Å². The van der Waals surface area contributed by atoms with Gasteiger partial charge in [-0.1, -0.05) is 42.5 Å². The van der Waals surface area contributed by atoms with E-state index in [9.17, 15) is 23.2 Å². The van der Waals surface area contributed by atoms with Crippen molar-refractivity contribution in [1.29, 1.82) is 0 Å². The molecular formula is C27H21F2N3O3. The van der Waals surface area contributed by atoms with Crippen LogP contribution in [0.3, 0.4) is 0 Å². The van der Waals surface area contributed by atoms with Crippen molar-refractivity contribution < 1.29 is 18.4 Å². The van der Waals surface area contributed by atoms with Crippen molar-refractivity contribution >= 4 is 28.4 Å². The number of fused-ring (bicyclic) bond motifs is 2. The molecule has 35 heavy (non-hydrogen) atoms. The molecule has 1 aliphatic heterocycles. The largest absolute Gasteiger partial charge is 0.334 e. The topological polar surface area (TPSA) is 71.4 Å². The Balaban J connectivity index is 1.46. The summed E-state index contributed by atoms with van der Waals surface area (Å²) in [5, 5.41) is 2.83. The molecule has 0 aliphatic carbocycles. The highest BCUT2D eigenvalue weighted by Crippen LogP contribution is 2.24. The molecule has 2 heterocycles. The molecule has 8 heteroatoms. The van der Waals surface area contributed by atoms with Gasteiger partial charge in [0.2, 0.25) is 5.91 Å². The van der Waals surface area contributed by atoms with Crippen molar-refractivity contribution in [2.24, 2.45) is 0 Å². The minimum absolute atomic E-state index is 0.258. The van der Waals surface area contributed by atoms with Gasteiger partial charge in [0, 0.05) is 30.6 Å². The highest BCUT2D eigenvalue weighted by molar-refractivity contribution is 6.06. The maximum atomic E-state index is 13.9. The van der Waals surface area contributed by atoms with Gasteiger partial charge in [0.1, 0.15) is 18.2 Å². The van der Waals surface area contributed by atoms with Crippen LogP contribution in [0.15, 0.2) is 77.6 Å². The normalized spacial score (nSPS) is 12.9. The van der Waals surface area contributed by atoms with E-state index in [0.717, 1.165) is 30.2 Å². The van der Waals surface area contributed by atoms with Crippen molar-refractivity contribution in [3.8, 4) is 0 Å². The number of hydrogen-bond acceptors (Lipinski definition) is 3. The Morgan fingerprint density at radius 3 is 2.49 bits per heavy atom. The molecule has 0 saturated heterocycles. The third kappa shape index (κ3) is 4.42. The zero-order chi connectivity index (χ0) is 24.5. The van der Waals surface area contributed by atoms with Gasteiger partial charge < -0.3 is 10.2 Å². The highest BCUT2D eigenvalue weighted by Gasteiger charge is 2.24. The summed E-state index contributed by atoms with van der Waals surface area (Å²) < 4.78 is 28.6. The number of rotatable bonds is 4. The number of para-hydroxylation sites is 1. The van der Waals surface area contributed by atoms with Gasteiger partial charge >= 0.3 is 0 Å². The Bertz CT molecular complexity index is 1530. The Hall–Kier alpha value is -4.33. The second-order valence-electron chi connectivity index (χ2n) is 8.42. The van der Waals surface area contributed by atoms with Crippen molar-refractivity contribution in [2.45, 2.75) is 19.5 Å². The molecule has 0 spiro atoms. The van der Waals surface area contributed by atoms with Crippen molar-refractivity contribution in [3.05, 3.63) is 111 Å². The average Bonchev–Trinajstić information content (AvgIpc) is 2.87. The fraction of sp³-hybridized carbons (Fsp3) is 0.148. The summed E-state index contributed by atoms with van der Waals surface area (Å²) in [6.07, 6.45) is 0.730. The number of amides is 2. The van der Waals surface area contributed by atoms with Gasteiger partial charge in [0.05, 0.1) is 16.8 Å². The summed E-state index contributed by atoms with van der Waals surface area (Å²) >= 11 is 0. The monoisotopic (exact) mass is 473 g/mol. The summed E-state index contributed by atoms with van der Waals surface area (Å²) in [5.41, 5.74) is 2.08. The molecule has 5 rings (SSSR count). The van der Waals surface area contributed by atoms with E-state index in [-0.39, 0.29) is 17.2 Å². The number of carbonyl (C=O) groups excluding carboxylic acids is 2. The number of benzene rings is 3. The van der Waals surface area contributed by atoms with Crippen LogP contribution in [0, 0.1) is 11.6 Å². The number of halogens is 2. The van der Waals surface area contributed by atoms with E-state index in [1.807, 2.05) is 18.2 Å². The molecule has 3 aromatic carbocycles. The van der Waals surface area contributed by atoms with Crippen molar-refractivity contribution in [2.75, 3.05) is 11.9 Å². The zero-order valence-corrected chi connectivity index (χ0v) is 18.6. The molecule has 0 bridgehead atoms. The second-order valence-corrected chi connectivity index (χ2v) is 8.42.